The van der Waals surface area contributed by atoms with Gasteiger partial charge in [0.1, 0.15) is 11.6 Å². The van der Waals surface area contributed by atoms with Crippen LogP contribution in [0.25, 0.3) is 0 Å². The highest BCUT2D eigenvalue weighted by atomic mass is 32.2. The minimum absolute atomic E-state index is 0.242. The Labute approximate surface area is 136 Å². The number of aryl methyl sites for hydroxylation is 1. The Morgan fingerprint density at radius 2 is 1.96 bits per heavy atom. The van der Waals surface area contributed by atoms with Crippen LogP contribution in [-0.2, 0) is 10.0 Å². The second-order valence-corrected chi connectivity index (χ2v) is 7.45. The average molecular weight is 332 g/mol. The van der Waals surface area contributed by atoms with Crippen LogP contribution in [0.1, 0.15) is 30.4 Å². The van der Waals surface area contributed by atoms with E-state index in [9.17, 15) is 8.42 Å². The Morgan fingerprint density at radius 1 is 1.22 bits per heavy atom. The lowest BCUT2D eigenvalue weighted by molar-refractivity contribution is 0.389. The number of benzene rings is 1. The van der Waals surface area contributed by atoms with Crippen molar-refractivity contribution >= 4 is 15.8 Å². The molecule has 0 radical (unpaired) electrons. The molecule has 0 aliphatic carbocycles. The smallest absolute Gasteiger partial charge is 0.243 e. The van der Waals surface area contributed by atoms with E-state index in [4.69, 9.17) is 0 Å². The molecule has 1 saturated heterocycles. The monoisotopic (exact) mass is 332 g/mol. The molecule has 2 aromatic rings. The number of sulfonamides is 1. The van der Waals surface area contributed by atoms with Gasteiger partial charge in [-0.25, -0.2) is 18.4 Å². The van der Waals surface area contributed by atoms with Crippen LogP contribution in [0.2, 0.25) is 0 Å². The number of nitrogens with one attached hydrogen (secondary N) is 1. The van der Waals surface area contributed by atoms with Crippen molar-refractivity contribution in [1.82, 2.24) is 14.3 Å². The molecule has 1 atom stereocenters. The molecule has 7 heteroatoms. The van der Waals surface area contributed by atoms with E-state index in [1.54, 1.807) is 35.6 Å². The second-order valence-electron chi connectivity index (χ2n) is 5.56. The van der Waals surface area contributed by atoms with Gasteiger partial charge < -0.3 is 5.32 Å². The minimum Gasteiger partial charge on any atom is -0.373 e. The lowest BCUT2D eigenvalue weighted by atomic mass is 10.1. The maximum atomic E-state index is 12.9. The molecule has 122 valence electrons. The summed E-state index contributed by atoms with van der Waals surface area (Å²) >= 11 is 0. The summed E-state index contributed by atoms with van der Waals surface area (Å²) in [6, 6.07) is 10.2. The molecule has 6 nitrogen and oxygen atoms in total. The first-order valence-electron chi connectivity index (χ1n) is 7.62. The van der Waals surface area contributed by atoms with E-state index >= 15 is 0 Å². The summed E-state index contributed by atoms with van der Waals surface area (Å²) in [5.41, 5.74) is 0.749. The molecule has 0 bridgehead atoms. The predicted octanol–water partition coefficient (Wildman–Crippen LogP) is 2.35. The summed E-state index contributed by atoms with van der Waals surface area (Å²) in [5, 5.41) is 3.00. The maximum Gasteiger partial charge on any atom is 0.243 e. The quantitative estimate of drug-likeness (QED) is 0.930. The van der Waals surface area contributed by atoms with Crippen LogP contribution in [0, 0.1) is 6.92 Å². The number of hydrogen-bond acceptors (Lipinski definition) is 5. The van der Waals surface area contributed by atoms with Crippen molar-refractivity contribution in [2.75, 3.05) is 18.9 Å². The van der Waals surface area contributed by atoms with Crippen LogP contribution in [-0.4, -0.2) is 36.3 Å². The Hall–Kier alpha value is -1.99. The second kappa shape index (κ2) is 6.25. The van der Waals surface area contributed by atoms with Gasteiger partial charge in [-0.15, -0.1) is 0 Å². The molecule has 2 heterocycles. The number of aromatic nitrogens is 2. The summed E-state index contributed by atoms with van der Waals surface area (Å²) in [5.74, 6) is 1.34. The third kappa shape index (κ3) is 3.07. The van der Waals surface area contributed by atoms with Crippen LogP contribution in [0.4, 0.5) is 5.82 Å². The van der Waals surface area contributed by atoms with Crippen molar-refractivity contribution in [3.63, 3.8) is 0 Å². The van der Waals surface area contributed by atoms with E-state index in [1.165, 1.54) is 0 Å². The SMILES string of the molecule is CNc1cc(C2CCCN2S(=O)(=O)c2ccccc2)nc(C)n1. The van der Waals surface area contributed by atoms with Crippen LogP contribution in [0.5, 0.6) is 0 Å². The van der Waals surface area contributed by atoms with E-state index < -0.39 is 10.0 Å². The average Bonchev–Trinajstić information content (AvgIpc) is 3.05. The van der Waals surface area contributed by atoms with Gasteiger partial charge in [-0.1, -0.05) is 18.2 Å². The first-order chi connectivity index (χ1) is 11.0. The van der Waals surface area contributed by atoms with E-state index in [1.807, 2.05) is 19.1 Å². The summed E-state index contributed by atoms with van der Waals surface area (Å²) < 4.78 is 27.4. The number of anilines is 1. The molecule has 1 aliphatic heterocycles. The summed E-state index contributed by atoms with van der Waals surface area (Å²) in [6.45, 7) is 2.33. The third-order valence-corrected chi connectivity index (χ3v) is 5.93. The zero-order valence-corrected chi connectivity index (χ0v) is 14.0. The van der Waals surface area contributed by atoms with Gasteiger partial charge in [0.25, 0.3) is 0 Å². The van der Waals surface area contributed by atoms with Crippen LogP contribution >= 0.6 is 0 Å². The lowest BCUT2D eigenvalue weighted by Gasteiger charge is -2.24. The summed E-state index contributed by atoms with van der Waals surface area (Å²) in [6.07, 6.45) is 1.60. The fraction of sp³-hybridized carbons (Fsp3) is 0.375. The summed E-state index contributed by atoms with van der Waals surface area (Å²) in [7, 11) is -1.73. The summed E-state index contributed by atoms with van der Waals surface area (Å²) in [4.78, 5) is 9.07. The van der Waals surface area contributed by atoms with Gasteiger partial charge in [0.2, 0.25) is 10.0 Å². The van der Waals surface area contributed by atoms with Crippen molar-refractivity contribution in [1.29, 1.82) is 0 Å². The molecule has 1 aromatic carbocycles. The highest BCUT2D eigenvalue weighted by Gasteiger charge is 2.37. The molecular weight excluding hydrogens is 312 g/mol. The molecule has 1 aliphatic rings. The lowest BCUT2D eigenvalue weighted by Crippen LogP contribution is -2.31. The molecule has 1 aromatic heterocycles. The maximum absolute atomic E-state index is 12.9. The molecule has 0 saturated carbocycles. The van der Waals surface area contributed by atoms with Gasteiger partial charge in [0.05, 0.1) is 16.6 Å². The molecule has 1 fully saturated rings. The normalized spacial score (nSPS) is 19.0. The molecule has 1 N–H and O–H groups in total. The van der Waals surface area contributed by atoms with Gasteiger partial charge in [-0.3, -0.25) is 0 Å². The first-order valence-corrected chi connectivity index (χ1v) is 9.06. The van der Waals surface area contributed by atoms with E-state index in [0.29, 0.717) is 23.1 Å². The number of hydrogen-bond donors (Lipinski definition) is 1. The van der Waals surface area contributed by atoms with Crippen molar-refractivity contribution in [2.45, 2.75) is 30.7 Å². The molecule has 3 rings (SSSR count). The Kier molecular flexibility index (Phi) is 4.32. The van der Waals surface area contributed by atoms with Crippen molar-refractivity contribution in [3.05, 3.63) is 47.9 Å². The van der Waals surface area contributed by atoms with Gasteiger partial charge in [0.15, 0.2) is 0 Å². The van der Waals surface area contributed by atoms with Gasteiger partial charge >= 0.3 is 0 Å². The zero-order valence-electron chi connectivity index (χ0n) is 13.2. The molecule has 0 amide bonds. The Balaban J connectivity index is 1.99. The number of rotatable bonds is 4. The Morgan fingerprint density at radius 3 is 2.65 bits per heavy atom. The largest absolute Gasteiger partial charge is 0.373 e. The van der Waals surface area contributed by atoms with E-state index in [-0.39, 0.29) is 6.04 Å². The zero-order chi connectivity index (χ0) is 16.4. The van der Waals surface area contributed by atoms with Crippen molar-refractivity contribution < 1.29 is 8.42 Å². The van der Waals surface area contributed by atoms with Crippen LogP contribution in [0.3, 0.4) is 0 Å². The standard InChI is InChI=1S/C16H20N4O2S/c1-12-18-14(11-16(17-2)19-12)15-9-6-10-20(15)23(21,22)13-7-4-3-5-8-13/h3-5,7-8,11,15H,6,9-10H2,1-2H3,(H,17,18,19). The fourth-order valence-corrected chi connectivity index (χ4v) is 4.63. The number of nitrogens with zero attached hydrogens (tertiary/aromatic N) is 3. The van der Waals surface area contributed by atoms with Gasteiger partial charge in [-0.2, -0.15) is 4.31 Å². The fourth-order valence-electron chi connectivity index (χ4n) is 2.94. The van der Waals surface area contributed by atoms with Crippen molar-refractivity contribution in [3.8, 4) is 0 Å². The van der Waals surface area contributed by atoms with Crippen LogP contribution in [0.15, 0.2) is 41.3 Å². The highest BCUT2D eigenvalue weighted by molar-refractivity contribution is 7.89. The molecule has 0 spiro atoms. The van der Waals surface area contributed by atoms with E-state index in [0.717, 1.165) is 18.5 Å². The minimum atomic E-state index is -3.52. The third-order valence-electron chi connectivity index (χ3n) is 4.01. The van der Waals surface area contributed by atoms with Gasteiger partial charge in [0, 0.05) is 19.7 Å². The van der Waals surface area contributed by atoms with Crippen LogP contribution < -0.4 is 5.32 Å². The molecule has 23 heavy (non-hydrogen) atoms. The topological polar surface area (TPSA) is 75.2 Å². The highest BCUT2D eigenvalue weighted by Crippen LogP contribution is 2.36. The predicted molar refractivity (Wildman–Crippen MR) is 88.6 cm³/mol. The Bertz CT molecular complexity index is 793. The molecule has 1 unspecified atom stereocenters. The molecular formula is C16H20N4O2S. The van der Waals surface area contributed by atoms with E-state index in [2.05, 4.69) is 15.3 Å². The van der Waals surface area contributed by atoms with Crippen molar-refractivity contribution in [2.24, 2.45) is 0 Å². The van der Waals surface area contributed by atoms with Gasteiger partial charge in [-0.05, 0) is 31.9 Å². The first kappa shape index (κ1) is 15.9.